The van der Waals surface area contributed by atoms with Crippen molar-refractivity contribution >= 4 is 45.1 Å². The standard InChI is InChI=1S/C19H19Cl2FN2O5S/c1-23(2)30(27,28)17-9-12(7-8-15(17)21)19(26)29-11-18(25)24(3)10-13-14(20)5-4-6-16(13)22/h4-9H,10-11H2,1-3H3. The molecule has 0 saturated heterocycles. The molecule has 0 unspecified atom stereocenters. The molecule has 11 heteroatoms. The Morgan fingerprint density at radius 1 is 1.07 bits per heavy atom. The number of carbonyl (C=O) groups excluding carboxylic acids is 2. The smallest absolute Gasteiger partial charge is 0.338 e. The first kappa shape index (κ1) is 24.1. The quantitative estimate of drug-likeness (QED) is 0.572. The molecule has 0 aliphatic rings. The predicted molar refractivity (Wildman–Crippen MR) is 110 cm³/mol. The van der Waals surface area contributed by atoms with Gasteiger partial charge in [0.05, 0.1) is 10.6 Å². The molecule has 2 aromatic rings. The van der Waals surface area contributed by atoms with E-state index in [-0.39, 0.29) is 32.6 Å². The van der Waals surface area contributed by atoms with Crippen LogP contribution in [0.2, 0.25) is 10.0 Å². The topological polar surface area (TPSA) is 84.0 Å². The van der Waals surface area contributed by atoms with E-state index in [1.165, 1.54) is 51.5 Å². The van der Waals surface area contributed by atoms with Gasteiger partial charge in [0.15, 0.2) is 6.61 Å². The zero-order valence-corrected chi connectivity index (χ0v) is 18.7. The molecule has 30 heavy (non-hydrogen) atoms. The second kappa shape index (κ2) is 9.74. The summed E-state index contributed by atoms with van der Waals surface area (Å²) in [7, 11) is 0.178. The van der Waals surface area contributed by atoms with Crippen molar-refractivity contribution in [3.05, 3.63) is 63.4 Å². The number of nitrogens with zero attached hydrogens (tertiary/aromatic N) is 2. The molecule has 0 N–H and O–H groups in total. The van der Waals surface area contributed by atoms with Crippen LogP contribution in [0.4, 0.5) is 4.39 Å². The lowest BCUT2D eigenvalue weighted by atomic mass is 10.2. The Kier molecular flexibility index (Phi) is 7.81. The lowest BCUT2D eigenvalue weighted by Gasteiger charge is -2.18. The molecule has 0 bridgehead atoms. The molecule has 2 aromatic carbocycles. The molecular weight excluding hydrogens is 458 g/mol. The van der Waals surface area contributed by atoms with Crippen LogP contribution >= 0.6 is 23.2 Å². The molecule has 0 saturated carbocycles. The van der Waals surface area contributed by atoms with Gasteiger partial charge in [-0.25, -0.2) is 21.9 Å². The Hall–Kier alpha value is -2.20. The number of hydrogen-bond acceptors (Lipinski definition) is 5. The van der Waals surface area contributed by atoms with Crippen molar-refractivity contribution in [1.82, 2.24) is 9.21 Å². The van der Waals surface area contributed by atoms with Gasteiger partial charge in [0.1, 0.15) is 10.7 Å². The van der Waals surface area contributed by atoms with Gasteiger partial charge < -0.3 is 9.64 Å². The number of ether oxygens (including phenoxy) is 1. The highest BCUT2D eigenvalue weighted by Gasteiger charge is 2.23. The van der Waals surface area contributed by atoms with Crippen molar-refractivity contribution in [2.24, 2.45) is 0 Å². The van der Waals surface area contributed by atoms with Crippen molar-refractivity contribution in [3.8, 4) is 0 Å². The molecule has 0 spiro atoms. The van der Waals surface area contributed by atoms with Crippen LogP contribution in [-0.2, 0) is 26.1 Å². The van der Waals surface area contributed by atoms with Gasteiger partial charge in [-0.05, 0) is 30.3 Å². The van der Waals surface area contributed by atoms with Crippen LogP contribution < -0.4 is 0 Å². The number of hydrogen-bond donors (Lipinski definition) is 0. The third kappa shape index (κ3) is 5.48. The summed E-state index contributed by atoms with van der Waals surface area (Å²) in [5, 5.41) is 0.111. The van der Waals surface area contributed by atoms with Gasteiger partial charge in [0.2, 0.25) is 10.0 Å². The molecule has 0 fully saturated rings. The normalized spacial score (nSPS) is 11.4. The Labute approximate surface area is 184 Å². The van der Waals surface area contributed by atoms with Gasteiger partial charge in [0, 0.05) is 38.3 Å². The molecule has 0 aliphatic carbocycles. The molecule has 0 atom stereocenters. The van der Waals surface area contributed by atoms with Crippen LogP contribution in [0.25, 0.3) is 0 Å². The van der Waals surface area contributed by atoms with Crippen LogP contribution in [0.1, 0.15) is 15.9 Å². The highest BCUT2D eigenvalue weighted by atomic mass is 35.5. The van der Waals surface area contributed by atoms with Crippen molar-refractivity contribution in [2.75, 3.05) is 27.7 Å². The second-order valence-electron chi connectivity index (χ2n) is 6.46. The van der Waals surface area contributed by atoms with E-state index in [1.807, 2.05) is 0 Å². The Balaban J connectivity index is 2.07. The van der Waals surface area contributed by atoms with Gasteiger partial charge in [-0.2, -0.15) is 0 Å². The summed E-state index contributed by atoms with van der Waals surface area (Å²) in [5.41, 5.74) is 0.0463. The summed E-state index contributed by atoms with van der Waals surface area (Å²) >= 11 is 11.9. The molecule has 0 aromatic heterocycles. The van der Waals surface area contributed by atoms with Crippen molar-refractivity contribution in [2.45, 2.75) is 11.4 Å². The van der Waals surface area contributed by atoms with E-state index in [0.29, 0.717) is 0 Å². The lowest BCUT2D eigenvalue weighted by Crippen LogP contribution is -2.31. The summed E-state index contributed by atoms with van der Waals surface area (Å²) in [6.07, 6.45) is 0. The van der Waals surface area contributed by atoms with Crippen molar-refractivity contribution < 1.29 is 27.1 Å². The predicted octanol–water partition coefficient (Wildman–Crippen LogP) is 3.20. The van der Waals surface area contributed by atoms with Gasteiger partial charge in [-0.3, -0.25) is 4.79 Å². The van der Waals surface area contributed by atoms with Crippen LogP contribution in [0.15, 0.2) is 41.3 Å². The van der Waals surface area contributed by atoms with Crippen molar-refractivity contribution in [3.63, 3.8) is 0 Å². The van der Waals surface area contributed by atoms with Crippen LogP contribution in [0, 0.1) is 5.82 Å². The van der Waals surface area contributed by atoms with Gasteiger partial charge in [-0.15, -0.1) is 0 Å². The average molecular weight is 477 g/mol. The molecule has 2 rings (SSSR count). The number of halogens is 3. The molecule has 7 nitrogen and oxygen atoms in total. The molecule has 1 amide bonds. The number of sulfonamides is 1. The maximum absolute atomic E-state index is 13.9. The van der Waals surface area contributed by atoms with Crippen LogP contribution in [0.5, 0.6) is 0 Å². The average Bonchev–Trinajstić information content (AvgIpc) is 2.68. The summed E-state index contributed by atoms with van der Waals surface area (Å²) in [6.45, 7) is -0.742. The third-order valence-electron chi connectivity index (χ3n) is 4.13. The van der Waals surface area contributed by atoms with E-state index in [0.717, 1.165) is 15.3 Å². The zero-order valence-electron chi connectivity index (χ0n) is 16.4. The fourth-order valence-electron chi connectivity index (χ4n) is 2.35. The van der Waals surface area contributed by atoms with E-state index >= 15 is 0 Å². The van der Waals surface area contributed by atoms with Gasteiger partial charge in [-0.1, -0.05) is 29.3 Å². The van der Waals surface area contributed by atoms with E-state index in [1.54, 1.807) is 0 Å². The van der Waals surface area contributed by atoms with Crippen LogP contribution in [-0.4, -0.2) is 57.2 Å². The Morgan fingerprint density at radius 3 is 2.33 bits per heavy atom. The first-order chi connectivity index (χ1) is 13.9. The zero-order chi connectivity index (χ0) is 22.6. The minimum atomic E-state index is -3.88. The second-order valence-corrected chi connectivity index (χ2v) is 9.39. The van der Waals surface area contributed by atoms with Crippen LogP contribution in [0.3, 0.4) is 0 Å². The molecular formula is C19H19Cl2FN2O5S. The fraction of sp³-hybridized carbons (Fsp3) is 0.263. The highest BCUT2D eigenvalue weighted by molar-refractivity contribution is 7.89. The number of carbonyl (C=O) groups is 2. The minimum Gasteiger partial charge on any atom is -0.452 e. The Morgan fingerprint density at radius 2 is 1.73 bits per heavy atom. The lowest BCUT2D eigenvalue weighted by molar-refractivity contribution is -0.133. The summed E-state index contributed by atoms with van der Waals surface area (Å²) < 4.78 is 44.4. The maximum Gasteiger partial charge on any atom is 0.338 e. The van der Waals surface area contributed by atoms with E-state index < -0.39 is 34.3 Å². The largest absolute Gasteiger partial charge is 0.452 e. The monoisotopic (exact) mass is 476 g/mol. The molecule has 0 aliphatic heterocycles. The molecule has 162 valence electrons. The number of likely N-dealkylation sites (N-methyl/N-ethyl adjacent to an activating group) is 1. The summed E-state index contributed by atoms with van der Waals surface area (Å²) in [4.78, 5) is 25.4. The van der Waals surface area contributed by atoms with Gasteiger partial charge in [0.25, 0.3) is 5.91 Å². The first-order valence-electron chi connectivity index (χ1n) is 8.51. The number of esters is 1. The summed E-state index contributed by atoms with van der Waals surface area (Å²) in [5.74, 6) is -2.07. The van der Waals surface area contributed by atoms with E-state index in [2.05, 4.69) is 0 Å². The maximum atomic E-state index is 13.9. The number of amides is 1. The molecule has 0 radical (unpaired) electrons. The number of rotatable bonds is 7. The Bertz CT molecular complexity index is 1060. The molecule has 0 heterocycles. The first-order valence-corrected chi connectivity index (χ1v) is 10.7. The third-order valence-corrected chi connectivity index (χ3v) is 6.79. The highest BCUT2D eigenvalue weighted by Crippen LogP contribution is 2.25. The SMILES string of the molecule is CN(Cc1c(F)cccc1Cl)C(=O)COC(=O)c1ccc(Cl)c(S(=O)(=O)N(C)C)c1. The fourth-order valence-corrected chi connectivity index (χ4v) is 3.97. The van der Waals surface area contributed by atoms with Gasteiger partial charge >= 0.3 is 5.97 Å². The minimum absolute atomic E-state index is 0.0576. The van der Waals surface area contributed by atoms with Crippen molar-refractivity contribution in [1.29, 1.82) is 0 Å². The van der Waals surface area contributed by atoms with E-state index in [9.17, 15) is 22.4 Å². The van der Waals surface area contributed by atoms with E-state index in [4.69, 9.17) is 27.9 Å². The summed E-state index contributed by atoms with van der Waals surface area (Å²) in [6, 6.07) is 7.78. The number of benzene rings is 2.